The van der Waals surface area contributed by atoms with Crippen LogP contribution in [-0.2, 0) is 4.79 Å². The van der Waals surface area contributed by atoms with Crippen LogP contribution in [0.25, 0.3) is 0 Å². The van der Waals surface area contributed by atoms with Gasteiger partial charge in [-0.15, -0.1) is 0 Å². The zero-order valence-corrected chi connectivity index (χ0v) is 14.6. The van der Waals surface area contributed by atoms with Crippen LogP contribution in [0.5, 0.6) is 0 Å². The van der Waals surface area contributed by atoms with E-state index in [9.17, 15) is 9.59 Å². The standard InChI is InChI=1S/C14H19BrN2O3S/c1-8-6-9(2)12(10(15)7-8)17-14(20)16-11(13(18)19)4-5-21-3/h6-7,11H,4-5H2,1-3H3,(H,18,19)(H2,16,17,20)/t11-/m1/s1. The largest absolute Gasteiger partial charge is 0.480 e. The Labute approximate surface area is 137 Å². The number of thioether (sulfide) groups is 1. The van der Waals surface area contributed by atoms with Crippen LogP contribution in [0.3, 0.4) is 0 Å². The molecule has 0 heterocycles. The van der Waals surface area contributed by atoms with Crippen molar-refractivity contribution in [2.45, 2.75) is 26.3 Å². The number of halogens is 1. The van der Waals surface area contributed by atoms with Crippen LogP contribution in [-0.4, -0.2) is 35.2 Å². The van der Waals surface area contributed by atoms with Gasteiger partial charge in [-0.1, -0.05) is 6.07 Å². The van der Waals surface area contributed by atoms with E-state index in [4.69, 9.17) is 5.11 Å². The number of carbonyl (C=O) groups excluding carboxylic acids is 1. The fraction of sp³-hybridized carbons (Fsp3) is 0.429. The van der Waals surface area contributed by atoms with Crippen LogP contribution < -0.4 is 10.6 Å². The molecule has 2 amide bonds. The van der Waals surface area contributed by atoms with Gasteiger partial charge in [0.15, 0.2) is 0 Å². The lowest BCUT2D eigenvalue weighted by Gasteiger charge is -2.16. The molecule has 0 saturated carbocycles. The molecule has 0 fully saturated rings. The molecular weight excluding hydrogens is 356 g/mol. The maximum Gasteiger partial charge on any atom is 0.326 e. The highest BCUT2D eigenvalue weighted by atomic mass is 79.9. The number of aliphatic carboxylic acids is 1. The highest BCUT2D eigenvalue weighted by Gasteiger charge is 2.20. The first-order chi connectivity index (χ1) is 9.85. The van der Waals surface area contributed by atoms with Crippen molar-refractivity contribution in [3.8, 4) is 0 Å². The first-order valence-corrected chi connectivity index (χ1v) is 8.59. The minimum Gasteiger partial charge on any atom is -0.480 e. The molecule has 0 spiro atoms. The number of aryl methyl sites for hydroxylation is 2. The summed E-state index contributed by atoms with van der Waals surface area (Å²) in [6.07, 6.45) is 2.28. The van der Waals surface area contributed by atoms with Crippen LogP contribution in [0.2, 0.25) is 0 Å². The third kappa shape index (κ3) is 5.59. The minimum absolute atomic E-state index is 0.387. The summed E-state index contributed by atoms with van der Waals surface area (Å²) >= 11 is 4.94. The summed E-state index contributed by atoms with van der Waals surface area (Å²) in [5.41, 5.74) is 2.63. The minimum atomic E-state index is -1.03. The number of benzene rings is 1. The quantitative estimate of drug-likeness (QED) is 0.712. The molecule has 116 valence electrons. The molecule has 0 radical (unpaired) electrons. The monoisotopic (exact) mass is 374 g/mol. The van der Waals surface area contributed by atoms with Gasteiger partial charge in [0.2, 0.25) is 0 Å². The fourth-order valence-electron chi connectivity index (χ4n) is 1.87. The summed E-state index contributed by atoms with van der Waals surface area (Å²) < 4.78 is 0.770. The number of nitrogens with one attached hydrogen (secondary N) is 2. The van der Waals surface area contributed by atoms with Crippen molar-refractivity contribution in [2.75, 3.05) is 17.3 Å². The number of urea groups is 1. The Hall–Kier alpha value is -1.21. The predicted molar refractivity (Wildman–Crippen MR) is 90.2 cm³/mol. The lowest BCUT2D eigenvalue weighted by atomic mass is 10.1. The smallest absolute Gasteiger partial charge is 0.326 e. The molecule has 0 aliphatic carbocycles. The molecule has 21 heavy (non-hydrogen) atoms. The number of rotatable bonds is 6. The van der Waals surface area contributed by atoms with Gasteiger partial charge in [0, 0.05) is 4.47 Å². The van der Waals surface area contributed by atoms with E-state index in [1.54, 1.807) is 11.8 Å². The number of hydrogen-bond acceptors (Lipinski definition) is 3. The van der Waals surface area contributed by atoms with Gasteiger partial charge in [0.1, 0.15) is 6.04 Å². The van der Waals surface area contributed by atoms with Crippen LogP contribution in [0.4, 0.5) is 10.5 Å². The van der Waals surface area contributed by atoms with Crippen LogP contribution in [0.15, 0.2) is 16.6 Å². The molecule has 5 nitrogen and oxygen atoms in total. The van der Waals surface area contributed by atoms with E-state index in [1.165, 1.54) is 0 Å². The summed E-state index contributed by atoms with van der Waals surface area (Å²) in [6, 6.07) is 2.44. The van der Waals surface area contributed by atoms with E-state index < -0.39 is 18.0 Å². The van der Waals surface area contributed by atoms with Gasteiger partial charge in [-0.2, -0.15) is 11.8 Å². The van der Waals surface area contributed by atoms with Crippen molar-refractivity contribution in [1.82, 2.24) is 5.32 Å². The molecule has 0 aliphatic rings. The second kappa shape index (κ2) is 8.29. The average Bonchev–Trinajstić information content (AvgIpc) is 2.38. The molecule has 0 bridgehead atoms. The lowest BCUT2D eigenvalue weighted by Crippen LogP contribution is -2.43. The zero-order valence-electron chi connectivity index (χ0n) is 12.2. The Morgan fingerprint density at radius 1 is 1.38 bits per heavy atom. The van der Waals surface area contributed by atoms with Gasteiger partial charge in [-0.05, 0) is 65.4 Å². The number of carbonyl (C=O) groups is 2. The maximum absolute atomic E-state index is 12.0. The zero-order chi connectivity index (χ0) is 16.0. The van der Waals surface area contributed by atoms with Crippen molar-refractivity contribution in [2.24, 2.45) is 0 Å². The van der Waals surface area contributed by atoms with Gasteiger partial charge < -0.3 is 15.7 Å². The van der Waals surface area contributed by atoms with Gasteiger partial charge in [0.25, 0.3) is 0 Å². The van der Waals surface area contributed by atoms with E-state index in [1.807, 2.05) is 32.2 Å². The highest BCUT2D eigenvalue weighted by molar-refractivity contribution is 9.10. The van der Waals surface area contributed by atoms with E-state index in [0.717, 1.165) is 15.6 Å². The van der Waals surface area contributed by atoms with Gasteiger partial charge >= 0.3 is 12.0 Å². The molecule has 1 aromatic carbocycles. The third-order valence-electron chi connectivity index (χ3n) is 2.88. The summed E-state index contributed by atoms with van der Waals surface area (Å²) in [5.74, 6) is -0.358. The molecule has 7 heteroatoms. The average molecular weight is 375 g/mol. The number of anilines is 1. The molecule has 1 rings (SSSR count). The molecule has 3 N–H and O–H groups in total. The molecular formula is C14H19BrN2O3S. The molecule has 1 atom stereocenters. The number of hydrogen-bond donors (Lipinski definition) is 3. The third-order valence-corrected chi connectivity index (χ3v) is 4.15. The Morgan fingerprint density at radius 2 is 2.05 bits per heavy atom. The molecule has 0 unspecified atom stereocenters. The van der Waals surface area contributed by atoms with Gasteiger partial charge in [-0.25, -0.2) is 9.59 Å². The fourth-order valence-corrected chi connectivity index (χ4v) is 3.12. The van der Waals surface area contributed by atoms with Crippen molar-refractivity contribution in [3.05, 3.63) is 27.7 Å². The summed E-state index contributed by atoms with van der Waals surface area (Å²) in [4.78, 5) is 23.1. The SMILES string of the molecule is CSCC[C@@H](NC(=O)Nc1c(C)cc(C)cc1Br)C(=O)O. The topological polar surface area (TPSA) is 78.4 Å². The van der Waals surface area contributed by atoms with Gasteiger partial charge in [0.05, 0.1) is 5.69 Å². The maximum atomic E-state index is 12.0. The summed E-state index contributed by atoms with van der Waals surface area (Å²) in [7, 11) is 0. The second-order valence-electron chi connectivity index (χ2n) is 4.71. The van der Waals surface area contributed by atoms with Crippen LogP contribution >= 0.6 is 27.7 Å². The van der Waals surface area contributed by atoms with E-state index in [2.05, 4.69) is 26.6 Å². The van der Waals surface area contributed by atoms with Gasteiger partial charge in [-0.3, -0.25) is 0 Å². The Kier molecular flexibility index (Phi) is 7.04. The van der Waals surface area contributed by atoms with E-state index >= 15 is 0 Å². The van der Waals surface area contributed by atoms with Crippen LogP contribution in [0.1, 0.15) is 17.5 Å². The normalized spacial score (nSPS) is 11.8. The Bertz CT molecular complexity index is 514. The lowest BCUT2D eigenvalue weighted by molar-refractivity contribution is -0.139. The molecule has 1 aromatic rings. The van der Waals surface area contributed by atoms with Crippen molar-refractivity contribution < 1.29 is 14.7 Å². The summed E-state index contributed by atoms with van der Waals surface area (Å²) in [5, 5.41) is 14.3. The molecule has 0 saturated heterocycles. The number of amides is 2. The predicted octanol–water partition coefficient (Wildman–Crippen LogP) is 3.39. The number of carboxylic acids is 1. The van der Waals surface area contributed by atoms with E-state index in [0.29, 0.717) is 17.9 Å². The summed E-state index contributed by atoms with van der Waals surface area (Å²) in [6.45, 7) is 3.85. The first-order valence-electron chi connectivity index (χ1n) is 6.41. The van der Waals surface area contributed by atoms with E-state index in [-0.39, 0.29) is 0 Å². The second-order valence-corrected chi connectivity index (χ2v) is 6.55. The van der Waals surface area contributed by atoms with Crippen molar-refractivity contribution in [1.29, 1.82) is 0 Å². The Balaban J connectivity index is 2.74. The number of carboxylic acid groups (broad SMARTS) is 1. The van der Waals surface area contributed by atoms with Crippen molar-refractivity contribution >= 4 is 45.4 Å². The van der Waals surface area contributed by atoms with Crippen molar-refractivity contribution in [3.63, 3.8) is 0 Å². The highest BCUT2D eigenvalue weighted by Crippen LogP contribution is 2.27. The first kappa shape index (κ1) is 17.8. The molecule has 0 aliphatic heterocycles. The Morgan fingerprint density at radius 3 is 2.57 bits per heavy atom. The molecule has 0 aromatic heterocycles. The van der Waals surface area contributed by atoms with Crippen LogP contribution in [0, 0.1) is 13.8 Å².